The van der Waals surface area contributed by atoms with Gasteiger partial charge in [0, 0.05) is 13.0 Å². The lowest BCUT2D eigenvalue weighted by Crippen LogP contribution is -2.41. The molecular weight excluding hydrogens is 440 g/mol. The second-order valence-electron chi connectivity index (χ2n) is 8.05. The molecule has 2 aromatic carbocycles. The highest BCUT2D eigenvalue weighted by Crippen LogP contribution is 2.41. The summed E-state index contributed by atoms with van der Waals surface area (Å²) in [5.41, 5.74) is 1.85. The Morgan fingerprint density at radius 3 is 2.18 bits per heavy atom. The van der Waals surface area contributed by atoms with Crippen molar-refractivity contribution in [3.05, 3.63) is 59.7 Å². The summed E-state index contributed by atoms with van der Waals surface area (Å²) in [6.45, 7) is 0. The predicted octanol–water partition coefficient (Wildman–Crippen LogP) is 4.93. The van der Waals surface area contributed by atoms with Crippen LogP contribution < -0.4 is 9.47 Å². The molecule has 1 fully saturated rings. The Hall–Kier alpha value is -2.64. The monoisotopic (exact) mass is 472 g/mol. The molecule has 0 spiro atoms. The maximum Gasteiger partial charge on any atom is 0.335 e. The van der Waals surface area contributed by atoms with Gasteiger partial charge in [0.15, 0.2) is 22.7 Å². The van der Waals surface area contributed by atoms with Gasteiger partial charge in [-0.2, -0.15) is 0 Å². The second kappa shape index (κ2) is 12.0. The smallest absolute Gasteiger partial charge is 0.335 e. The SMILES string of the molecule is COC(=O)C(OC)[C@H](C(=S)OC)[C@@H](c1ccccc1)c1ccc(OC2CCCC2)c(OC)c1. The van der Waals surface area contributed by atoms with Crippen molar-refractivity contribution in [2.45, 2.75) is 43.8 Å². The Labute approximate surface area is 201 Å². The topological polar surface area (TPSA) is 63.2 Å². The molecule has 2 aromatic rings. The lowest BCUT2D eigenvalue weighted by atomic mass is 9.78. The fraction of sp³-hybridized carbons (Fsp3) is 0.462. The molecule has 1 aliphatic rings. The minimum absolute atomic E-state index is 0.209. The van der Waals surface area contributed by atoms with Crippen molar-refractivity contribution in [2.24, 2.45) is 5.92 Å². The third-order valence-electron chi connectivity index (χ3n) is 6.15. The zero-order valence-electron chi connectivity index (χ0n) is 19.6. The minimum atomic E-state index is -0.951. The Morgan fingerprint density at radius 1 is 0.909 bits per heavy atom. The van der Waals surface area contributed by atoms with Crippen molar-refractivity contribution in [2.75, 3.05) is 28.4 Å². The summed E-state index contributed by atoms with van der Waals surface area (Å²) >= 11 is 5.58. The second-order valence-corrected chi connectivity index (χ2v) is 8.45. The van der Waals surface area contributed by atoms with Gasteiger partial charge in [-0.15, -0.1) is 0 Å². The number of carbonyl (C=O) groups excluding carboxylic acids is 1. The zero-order valence-corrected chi connectivity index (χ0v) is 20.4. The van der Waals surface area contributed by atoms with E-state index in [0.717, 1.165) is 24.0 Å². The standard InChI is InChI=1S/C26H32O6S/c1-28-21-16-18(14-15-20(21)32-19-12-8-9-13-19)22(17-10-6-5-7-11-17)23(26(33)31-4)24(29-2)25(27)30-3/h5-7,10-11,14-16,19,22-24H,8-9,12-13H2,1-4H3/t22-,23+,24?/m0/s1. The maximum absolute atomic E-state index is 12.6. The molecule has 0 aliphatic heterocycles. The molecular formula is C26H32O6S. The van der Waals surface area contributed by atoms with Crippen LogP contribution in [0.1, 0.15) is 42.7 Å². The molecule has 0 radical (unpaired) electrons. The van der Waals surface area contributed by atoms with E-state index < -0.39 is 18.0 Å². The van der Waals surface area contributed by atoms with Crippen LogP contribution in [0.4, 0.5) is 0 Å². The summed E-state index contributed by atoms with van der Waals surface area (Å²) in [6, 6.07) is 15.7. The highest BCUT2D eigenvalue weighted by molar-refractivity contribution is 7.80. The van der Waals surface area contributed by atoms with Gasteiger partial charge in [-0.3, -0.25) is 0 Å². The van der Waals surface area contributed by atoms with Crippen molar-refractivity contribution in [1.29, 1.82) is 0 Å². The summed E-state index contributed by atoms with van der Waals surface area (Å²) in [5.74, 6) is -0.138. The first kappa shape index (κ1) is 25.0. The van der Waals surface area contributed by atoms with Gasteiger partial charge in [0.05, 0.1) is 33.4 Å². The average Bonchev–Trinajstić information content (AvgIpc) is 3.37. The highest BCUT2D eigenvalue weighted by atomic mass is 32.1. The molecule has 0 aromatic heterocycles. The van der Waals surface area contributed by atoms with Crippen LogP contribution in [0.3, 0.4) is 0 Å². The fourth-order valence-corrected chi connectivity index (χ4v) is 4.76. The van der Waals surface area contributed by atoms with Gasteiger partial charge in [-0.05, 0) is 61.2 Å². The first-order valence-electron chi connectivity index (χ1n) is 11.1. The van der Waals surface area contributed by atoms with E-state index in [9.17, 15) is 4.79 Å². The Balaban J connectivity index is 2.09. The van der Waals surface area contributed by atoms with E-state index in [0.29, 0.717) is 11.5 Å². The molecule has 0 amide bonds. The summed E-state index contributed by atoms with van der Waals surface area (Å²) in [5, 5.41) is 0.256. The minimum Gasteiger partial charge on any atom is -0.493 e. The molecule has 0 bridgehead atoms. The molecule has 0 heterocycles. The van der Waals surface area contributed by atoms with Crippen LogP contribution in [0.15, 0.2) is 48.5 Å². The van der Waals surface area contributed by atoms with E-state index in [1.54, 1.807) is 7.11 Å². The molecule has 1 unspecified atom stereocenters. The van der Waals surface area contributed by atoms with Gasteiger partial charge in [-0.25, -0.2) is 4.79 Å². The van der Waals surface area contributed by atoms with Gasteiger partial charge < -0.3 is 23.7 Å². The lowest BCUT2D eigenvalue weighted by Gasteiger charge is -2.32. The average molecular weight is 473 g/mol. The molecule has 3 rings (SSSR count). The Kier molecular flexibility index (Phi) is 9.09. The third kappa shape index (κ3) is 5.84. The molecule has 33 heavy (non-hydrogen) atoms. The lowest BCUT2D eigenvalue weighted by molar-refractivity contribution is -0.154. The predicted molar refractivity (Wildman–Crippen MR) is 130 cm³/mol. The van der Waals surface area contributed by atoms with Crippen molar-refractivity contribution >= 4 is 23.2 Å². The molecule has 1 aliphatic carbocycles. The van der Waals surface area contributed by atoms with Crippen LogP contribution in [-0.4, -0.2) is 51.7 Å². The van der Waals surface area contributed by atoms with Gasteiger partial charge >= 0.3 is 5.97 Å². The summed E-state index contributed by atoms with van der Waals surface area (Å²) in [7, 11) is 5.92. The zero-order chi connectivity index (χ0) is 23.8. The summed E-state index contributed by atoms with van der Waals surface area (Å²) in [4.78, 5) is 12.6. The van der Waals surface area contributed by atoms with Crippen LogP contribution in [0.25, 0.3) is 0 Å². The van der Waals surface area contributed by atoms with E-state index in [1.807, 2.05) is 48.5 Å². The summed E-state index contributed by atoms with van der Waals surface area (Å²) in [6.07, 6.45) is 3.73. The van der Waals surface area contributed by atoms with E-state index in [2.05, 4.69) is 0 Å². The normalized spacial score (nSPS) is 16.5. The number of rotatable bonds is 10. The first-order valence-corrected chi connectivity index (χ1v) is 11.5. The Morgan fingerprint density at radius 2 is 1.61 bits per heavy atom. The van der Waals surface area contributed by atoms with E-state index in [4.69, 9.17) is 35.9 Å². The quantitative estimate of drug-likeness (QED) is 0.359. The summed E-state index contributed by atoms with van der Waals surface area (Å²) < 4.78 is 28.0. The third-order valence-corrected chi connectivity index (χ3v) is 6.59. The van der Waals surface area contributed by atoms with Crippen LogP contribution in [0.5, 0.6) is 11.5 Å². The van der Waals surface area contributed by atoms with E-state index in [-0.39, 0.29) is 17.1 Å². The van der Waals surface area contributed by atoms with Crippen LogP contribution in [0.2, 0.25) is 0 Å². The van der Waals surface area contributed by atoms with Crippen molar-refractivity contribution < 1.29 is 28.5 Å². The molecule has 1 saturated carbocycles. The number of hydrogen-bond acceptors (Lipinski definition) is 7. The Bertz CT molecular complexity index is 926. The number of carbonyl (C=O) groups is 1. The number of ether oxygens (including phenoxy) is 5. The molecule has 0 saturated heterocycles. The number of esters is 1. The van der Waals surface area contributed by atoms with E-state index >= 15 is 0 Å². The number of hydrogen-bond donors (Lipinski definition) is 0. The number of benzene rings is 2. The van der Waals surface area contributed by atoms with Crippen LogP contribution in [-0.2, 0) is 19.0 Å². The molecule has 3 atom stereocenters. The molecule has 7 heteroatoms. The van der Waals surface area contributed by atoms with Crippen molar-refractivity contribution in [3.63, 3.8) is 0 Å². The van der Waals surface area contributed by atoms with Crippen molar-refractivity contribution in [3.8, 4) is 11.5 Å². The van der Waals surface area contributed by atoms with Crippen LogP contribution >= 0.6 is 12.2 Å². The van der Waals surface area contributed by atoms with Crippen molar-refractivity contribution in [1.82, 2.24) is 0 Å². The van der Waals surface area contributed by atoms with Gasteiger partial charge in [0.2, 0.25) is 0 Å². The van der Waals surface area contributed by atoms with Gasteiger partial charge in [0.25, 0.3) is 0 Å². The fourth-order valence-electron chi connectivity index (χ4n) is 4.50. The van der Waals surface area contributed by atoms with Gasteiger partial charge in [-0.1, -0.05) is 36.4 Å². The maximum atomic E-state index is 12.6. The number of methoxy groups -OCH3 is 4. The molecule has 6 nitrogen and oxygen atoms in total. The van der Waals surface area contributed by atoms with Crippen LogP contribution in [0, 0.1) is 5.92 Å². The largest absolute Gasteiger partial charge is 0.493 e. The van der Waals surface area contributed by atoms with E-state index in [1.165, 1.54) is 34.2 Å². The number of thiocarbonyl (C=S) groups is 1. The molecule has 178 valence electrons. The molecule has 0 N–H and O–H groups in total. The van der Waals surface area contributed by atoms with Gasteiger partial charge in [0.1, 0.15) is 0 Å². The highest BCUT2D eigenvalue weighted by Gasteiger charge is 2.41. The first-order chi connectivity index (χ1) is 16.0.